The average Bonchev–Trinajstić information content (AvgIpc) is 3.28. The van der Waals surface area contributed by atoms with Gasteiger partial charge in [0.15, 0.2) is 0 Å². The molecule has 0 radical (unpaired) electrons. The van der Waals surface area contributed by atoms with Crippen LogP contribution in [0.2, 0.25) is 0 Å². The zero-order valence-electron chi connectivity index (χ0n) is 13.4. The first-order valence-electron chi connectivity index (χ1n) is 7.64. The third kappa shape index (κ3) is 5.80. The third-order valence-corrected chi connectivity index (χ3v) is 5.14. The molecule has 1 aromatic heterocycles. The highest BCUT2D eigenvalue weighted by molar-refractivity contribution is 7.89. The predicted molar refractivity (Wildman–Crippen MR) is 86.7 cm³/mol. The Morgan fingerprint density at radius 1 is 1.39 bits per heavy atom. The maximum Gasteiger partial charge on any atom is 0.303 e. The minimum Gasteiger partial charge on any atom is -0.481 e. The van der Waals surface area contributed by atoms with Gasteiger partial charge in [-0.1, -0.05) is 0 Å². The van der Waals surface area contributed by atoms with E-state index in [0.29, 0.717) is 24.7 Å². The van der Waals surface area contributed by atoms with Gasteiger partial charge in [-0.15, -0.1) is 0 Å². The van der Waals surface area contributed by atoms with Crippen molar-refractivity contribution in [1.29, 1.82) is 0 Å². The Morgan fingerprint density at radius 3 is 2.61 bits per heavy atom. The van der Waals surface area contributed by atoms with E-state index in [2.05, 4.69) is 15.0 Å². The van der Waals surface area contributed by atoms with Crippen molar-refractivity contribution in [2.45, 2.75) is 50.0 Å². The molecule has 0 aromatic carbocycles. The van der Waals surface area contributed by atoms with Crippen molar-refractivity contribution in [2.75, 3.05) is 11.9 Å². The normalized spacial score (nSPS) is 15.4. The summed E-state index contributed by atoms with van der Waals surface area (Å²) in [5.41, 5.74) is -0.448. The molecule has 1 aliphatic rings. The molecule has 1 heterocycles. The summed E-state index contributed by atoms with van der Waals surface area (Å²) >= 11 is 0. The molecule has 1 aromatic rings. The average molecular weight is 341 g/mol. The zero-order chi connectivity index (χ0) is 17.1. The van der Waals surface area contributed by atoms with Gasteiger partial charge in [0.1, 0.15) is 10.7 Å². The van der Waals surface area contributed by atoms with Gasteiger partial charge in [0.25, 0.3) is 0 Å². The van der Waals surface area contributed by atoms with Crippen molar-refractivity contribution in [3.63, 3.8) is 0 Å². The Kier molecular flexibility index (Phi) is 5.26. The van der Waals surface area contributed by atoms with E-state index < -0.39 is 21.5 Å². The summed E-state index contributed by atoms with van der Waals surface area (Å²) in [7, 11) is -3.52. The minimum absolute atomic E-state index is 0.0531. The molecule has 0 spiro atoms. The largest absolute Gasteiger partial charge is 0.481 e. The van der Waals surface area contributed by atoms with E-state index in [0.717, 1.165) is 12.8 Å². The number of carboxylic acid groups (broad SMARTS) is 1. The quantitative estimate of drug-likeness (QED) is 0.632. The number of carbonyl (C=O) groups is 1. The highest BCUT2D eigenvalue weighted by Crippen LogP contribution is 2.28. The number of aromatic nitrogens is 1. The molecule has 1 aliphatic carbocycles. The second-order valence-electron chi connectivity index (χ2n) is 6.58. The lowest BCUT2D eigenvalue weighted by atomic mass is 9.98. The zero-order valence-corrected chi connectivity index (χ0v) is 14.2. The molecular weight excluding hydrogens is 318 g/mol. The lowest BCUT2D eigenvalue weighted by Gasteiger charge is -2.26. The molecule has 8 heteroatoms. The molecule has 7 nitrogen and oxygen atoms in total. The highest BCUT2D eigenvalue weighted by Gasteiger charge is 2.24. The summed E-state index contributed by atoms with van der Waals surface area (Å²) in [5.74, 6) is 0.131. The van der Waals surface area contributed by atoms with E-state index >= 15 is 0 Å². The number of pyridine rings is 1. The van der Waals surface area contributed by atoms with Crippen LogP contribution < -0.4 is 10.0 Å². The van der Waals surface area contributed by atoms with E-state index in [4.69, 9.17) is 5.11 Å². The Hall–Kier alpha value is -1.67. The first kappa shape index (κ1) is 17.7. The molecule has 1 fully saturated rings. The maximum atomic E-state index is 12.1. The summed E-state index contributed by atoms with van der Waals surface area (Å²) in [5, 5.41) is 11.9. The Labute approximate surface area is 136 Å². The monoisotopic (exact) mass is 341 g/mol. The molecule has 0 saturated heterocycles. The smallest absolute Gasteiger partial charge is 0.303 e. The van der Waals surface area contributed by atoms with Crippen molar-refractivity contribution in [1.82, 2.24) is 9.71 Å². The Balaban J connectivity index is 1.96. The number of sulfonamides is 1. The number of carboxylic acids is 1. The van der Waals surface area contributed by atoms with E-state index in [-0.39, 0.29) is 11.3 Å². The molecule has 0 amide bonds. The van der Waals surface area contributed by atoms with Crippen molar-refractivity contribution in [2.24, 2.45) is 5.92 Å². The van der Waals surface area contributed by atoms with Crippen LogP contribution in [0.3, 0.4) is 0 Å². The fraction of sp³-hybridized carbons (Fsp3) is 0.600. The molecule has 128 valence electrons. The van der Waals surface area contributed by atoms with Gasteiger partial charge in [0, 0.05) is 24.7 Å². The van der Waals surface area contributed by atoms with Gasteiger partial charge in [0.05, 0.1) is 0 Å². The van der Waals surface area contributed by atoms with Crippen molar-refractivity contribution >= 4 is 21.8 Å². The van der Waals surface area contributed by atoms with Crippen LogP contribution in [0.5, 0.6) is 0 Å². The number of nitrogens with one attached hydrogen (secondary N) is 2. The van der Waals surface area contributed by atoms with Crippen LogP contribution in [0, 0.1) is 5.92 Å². The minimum atomic E-state index is -3.52. The van der Waals surface area contributed by atoms with Gasteiger partial charge in [-0.2, -0.15) is 0 Å². The second kappa shape index (κ2) is 6.84. The van der Waals surface area contributed by atoms with Crippen LogP contribution in [0.4, 0.5) is 5.82 Å². The molecule has 3 N–H and O–H groups in total. The second-order valence-corrected chi connectivity index (χ2v) is 8.34. The van der Waals surface area contributed by atoms with E-state index in [1.165, 1.54) is 12.3 Å². The summed E-state index contributed by atoms with van der Waals surface area (Å²) in [4.78, 5) is 14.9. The predicted octanol–water partition coefficient (Wildman–Crippen LogP) is 1.83. The summed E-state index contributed by atoms with van der Waals surface area (Å²) in [6, 6.07) is 3.09. The standard InChI is InChI=1S/C15H23N3O4S/c1-15(2,8-7-14(19)20)18-13-6-5-12(10-16-13)23(21,22)17-9-11-3-4-11/h5-6,10-11,17H,3-4,7-9H2,1-2H3,(H,16,18)(H,19,20). The molecule has 0 bridgehead atoms. The fourth-order valence-corrected chi connectivity index (χ4v) is 3.14. The fourth-order valence-electron chi connectivity index (χ4n) is 2.07. The number of hydrogen-bond donors (Lipinski definition) is 3. The lowest BCUT2D eigenvalue weighted by molar-refractivity contribution is -0.137. The molecular formula is C15H23N3O4S. The van der Waals surface area contributed by atoms with Gasteiger partial charge < -0.3 is 10.4 Å². The topological polar surface area (TPSA) is 108 Å². The van der Waals surface area contributed by atoms with Crippen molar-refractivity contribution < 1.29 is 18.3 Å². The first-order valence-corrected chi connectivity index (χ1v) is 9.12. The number of aliphatic carboxylic acids is 1. The van der Waals surface area contributed by atoms with Gasteiger partial charge in [0.2, 0.25) is 10.0 Å². The Bertz CT molecular complexity index is 652. The Morgan fingerprint density at radius 2 is 2.09 bits per heavy atom. The summed E-state index contributed by atoms with van der Waals surface area (Å²) < 4.78 is 26.8. The molecule has 0 unspecified atom stereocenters. The van der Waals surface area contributed by atoms with Crippen LogP contribution in [-0.2, 0) is 14.8 Å². The number of nitrogens with zero attached hydrogens (tertiary/aromatic N) is 1. The summed E-state index contributed by atoms with van der Waals surface area (Å²) in [6.45, 7) is 4.23. The van der Waals surface area contributed by atoms with Crippen LogP contribution in [-0.4, -0.2) is 36.6 Å². The molecule has 2 rings (SSSR count). The van der Waals surface area contributed by atoms with E-state index in [9.17, 15) is 13.2 Å². The maximum absolute atomic E-state index is 12.1. The van der Waals surface area contributed by atoms with Crippen LogP contribution >= 0.6 is 0 Å². The highest BCUT2D eigenvalue weighted by atomic mass is 32.2. The SMILES string of the molecule is CC(C)(CCC(=O)O)Nc1ccc(S(=O)(=O)NCC2CC2)cn1. The van der Waals surface area contributed by atoms with Crippen LogP contribution in [0.1, 0.15) is 39.5 Å². The van der Waals surface area contributed by atoms with Gasteiger partial charge in [-0.05, 0) is 51.2 Å². The van der Waals surface area contributed by atoms with Gasteiger partial charge in [-0.3, -0.25) is 4.79 Å². The van der Waals surface area contributed by atoms with Crippen LogP contribution in [0.25, 0.3) is 0 Å². The lowest BCUT2D eigenvalue weighted by Crippen LogP contribution is -2.32. The molecule has 1 saturated carbocycles. The van der Waals surface area contributed by atoms with Crippen LogP contribution in [0.15, 0.2) is 23.2 Å². The van der Waals surface area contributed by atoms with E-state index in [1.54, 1.807) is 6.07 Å². The van der Waals surface area contributed by atoms with Gasteiger partial charge >= 0.3 is 5.97 Å². The molecule has 23 heavy (non-hydrogen) atoms. The number of anilines is 1. The van der Waals surface area contributed by atoms with E-state index in [1.807, 2.05) is 13.8 Å². The van der Waals surface area contributed by atoms with Crippen molar-refractivity contribution in [3.8, 4) is 0 Å². The molecule has 0 aliphatic heterocycles. The third-order valence-electron chi connectivity index (χ3n) is 3.74. The number of rotatable bonds is 9. The molecule has 0 atom stereocenters. The van der Waals surface area contributed by atoms with Gasteiger partial charge in [-0.25, -0.2) is 18.1 Å². The summed E-state index contributed by atoms with van der Waals surface area (Å²) in [6.07, 6.45) is 3.96. The number of hydrogen-bond acceptors (Lipinski definition) is 5. The first-order chi connectivity index (χ1) is 10.7. The van der Waals surface area contributed by atoms with Crippen molar-refractivity contribution in [3.05, 3.63) is 18.3 Å².